The van der Waals surface area contributed by atoms with Gasteiger partial charge in [-0.05, 0) is 42.0 Å². The highest BCUT2D eigenvalue weighted by Crippen LogP contribution is 2.49. The van der Waals surface area contributed by atoms with Crippen molar-refractivity contribution >= 4 is 11.9 Å². The number of hydrogen-bond acceptors (Lipinski definition) is 5. The van der Waals surface area contributed by atoms with Gasteiger partial charge in [0, 0.05) is 0 Å². The molecule has 30 heavy (non-hydrogen) atoms. The second-order valence-electron chi connectivity index (χ2n) is 8.22. The summed E-state index contributed by atoms with van der Waals surface area (Å²) in [6.07, 6.45) is 1.51. The van der Waals surface area contributed by atoms with E-state index in [9.17, 15) is 9.59 Å². The van der Waals surface area contributed by atoms with Crippen LogP contribution < -0.4 is 14.8 Å². The first-order valence-corrected chi connectivity index (χ1v) is 10.4. The Balaban J connectivity index is 1.38. The Hall–Kier alpha value is -3.02. The molecule has 158 valence electrons. The van der Waals surface area contributed by atoms with Crippen LogP contribution in [0, 0.1) is 5.92 Å². The van der Waals surface area contributed by atoms with E-state index < -0.39 is 5.41 Å². The predicted octanol–water partition coefficient (Wildman–Crippen LogP) is 3.55. The van der Waals surface area contributed by atoms with E-state index in [0.717, 1.165) is 24.0 Å². The van der Waals surface area contributed by atoms with Crippen molar-refractivity contribution in [2.75, 3.05) is 19.8 Å². The molecule has 1 fully saturated rings. The van der Waals surface area contributed by atoms with E-state index in [2.05, 4.69) is 5.32 Å². The van der Waals surface area contributed by atoms with Crippen LogP contribution in [0.2, 0.25) is 0 Å². The number of carbonyl (C=O) groups is 2. The molecule has 1 aliphatic carbocycles. The van der Waals surface area contributed by atoms with Crippen molar-refractivity contribution in [3.8, 4) is 11.5 Å². The Morgan fingerprint density at radius 2 is 1.73 bits per heavy atom. The van der Waals surface area contributed by atoms with Crippen LogP contribution in [0.1, 0.15) is 43.9 Å². The van der Waals surface area contributed by atoms with Crippen LogP contribution in [0.15, 0.2) is 48.5 Å². The fraction of sp³-hybridized carbons (Fsp3) is 0.417. The molecule has 0 radical (unpaired) electrons. The maximum absolute atomic E-state index is 12.6. The van der Waals surface area contributed by atoms with Gasteiger partial charge in [0.25, 0.3) is 5.91 Å². The van der Waals surface area contributed by atoms with Gasteiger partial charge in [0.1, 0.15) is 13.2 Å². The lowest BCUT2D eigenvalue weighted by Crippen LogP contribution is -2.36. The van der Waals surface area contributed by atoms with Gasteiger partial charge in [-0.2, -0.15) is 0 Å². The zero-order valence-corrected chi connectivity index (χ0v) is 17.4. The lowest BCUT2D eigenvalue weighted by atomic mass is 9.95. The molecule has 1 amide bonds. The second-order valence-corrected chi connectivity index (χ2v) is 8.22. The molecule has 6 nitrogen and oxygen atoms in total. The zero-order valence-electron chi connectivity index (χ0n) is 17.4. The minimum atomic E-state index is -0.588. The highest BCUT2D eigenvalue weighted by atomic mass is 16.6. The van der Waals surface area contributed by atoms with Crippen molar-refractivity contribution < 1.29 is 23.8 Å². The summed E-state index contributed by atoms with van der Waals surface area (Å²) in [6.45, 7) is 4.81. The van der Waals surface area contributed by atoms with E-state index in [1.807, 2.05) is 62.4 Å². The van der Waals surface area contributed by atoms with Gasteiger partial charge < -0.3 is 19.5 Å². The third kappa shape index (κ3) is 4.13. The normalized spacial score (nSPS) is 17.2. The molecule has 0 bridgehead atoms. The van der Waals surface area contributed by atoms with Gasteiger partial charge in [-0.1, -0.05) is 50.2 Å². The summed E-state index contributed by atoms with van der Waals surface area (Å²) < 4.78 is 16.6. The largest absolute Gasteiger partial charge is 0.486 e. The Morgan fingerprint density at radius 3 is 2.40 bits per heavy atom. The smallest absolute Gasteiger partial charge is 0.317 e. The fourth-order valence-electron chi connectivity index (χ4n) is 3.87. The van der Waals surface area contributed by atoms with Crippen molar-refractivity contribution in [1.29, 1.82) is 0 Å². The minimum Gasteiger partial charge on any atom is -0.486 e. The fourth-order valence-corrected chi connectivity index (χ4v) is 3.87. The van der Waals surface area contributed by atoms with Gasteiger partial charge in [-0.25, -0.2) is 0 Å². The number of fused-ring (bicyclic) bond motifs is 1. The van der Waals surface area contributed by atoms with Crippen molar-refractivity contribution in [2.24, 2.45) is 5.92 Å². The monoisotopic (exact) mass is 409 g/mol. The number of nitrogens with one attached hydrogen (secondary N) is 1. The maximum Gasteiger partial charge on any atom is 0.317 e. The molecule has 2 aromatic carbocycles. The van der Waals surface area contributed by atoms with Gasteiger partial charge >= 0.3 is 5.97 Å². The number of benzene rings is 2. The number of hydrogen-bond donors (Lipinski definition) is 1. The molecule has 1 heterocycles. The zero-order chi connectivity index (χ0) is 21.1. The molecule has 4 rings (SSSR count). The predicted molar refractivity (Wildman–Crippen MR) is 111 cm³/mol. The minimum absolute atomic E-state index is 0.145. The van der Waals surface area contributed by atoms with E-state index >= 15 is 0 Å². The SMILES string of the molecule is CC(C)[C@H](NC(=O)COC(=O)C1(c2ccccc2)CC1)c1ccc2c(c1)OCCO2. The Labute approximate surface area is 176 Å². The quantitative estimate of drug-likeness (QED) is 0.708. The Bertz CT molecular complexity index is 920. The van der Waals surface area contributed by atoms with Crippen molar-refractivity contribution in [2.45, 2.75) is 38.1 Å². The van der Waals surface area contributed by atoms with Gasteiger partial charge in [-0.3, -0.25) is 9.59 Å². The average Bonchev–Trinajstić information content (AvgIpc) is 3.58. The maximum atomic E-state index is 12.6. The van der Waals surface area contributed by atoms with Crippen LogP contribution in [-0.4, -0.2) is 31.7 Å². The highest BCUT2D eigenvalue weighted by molar-refractivity contribution is 5.89. The van der Waals surface area contributed by atoms with Gasteiger partial charge in [0.15, 0.2) is 18.1 Å². The molecule has 1 N–H and O–H groups in total. The molecule has 2 aromatic rings. The van der Waals surface area contributed by atoms with Gasteiger partial charge in [0.05, 0.1) is 11.5 Å². The van der Waals surface area contributed by atoms with Crippen LogP contribution in [0.3, 0.4) is 0 Å². The number of carbonyl (C=O) groups excluding carboxylic acids is 2. The molecule has 6 heteroatoms. The summed E-state index contributed by atoms with van der Waals surface area (Å²) in [6, 6.07) is 15.1. The van der Waals surface area contributed by atoms with Crippen LogP contribution in [0.4, 0.5) is 0 Å². The van der Waals surface area contributed by atoms with Crippen LogP contribution >= 0.6 is 0 Å². The van der Waals surface area contributed by atoms with E-state index in [4.69, 9.17) is 14.2 Å². The third-order valence-electron chi connectivity index (χ3n) is 5.71. The lowest BCUT2D eigenvalue weighted by molar-refractivity contribution is -0.151. The van der Waals surface area contributed by atoms with E-state index in [1.54, 1.807) is 0 Å². The summed E-state index contributed by atoms with van der Waals surface area (Å²) >= 11 is 0. The van der Waals surface area contributed by atoms with Crippen LogP contribution in [-0.2, 0) is 19.7 Å². The summed E-state index contributed by atoms with van der Waals surface area (Å²) in [5.74, 6) is 0.892. The highest BCUT2D eigenvalue weighted by Gasteiger charge is 2.52. The van der Waals surface area contributed by atoms with Crippen molar-refractivity contribution in [1.82, 2.24) is 5.32 Å². The standard InChI is InChI=1S/C24H27NO5/c1-16(2)22(17-8-9-19-20(14-17)29-13-12-28-19)25-21(26)15-30-23(27)24(10-11-24)18-6-4-3-5-7-18/h3-9,14,16,22H,10-13,15H2,1-2H3,(H,25,26)/t22-/m0/s1. The first kappa shape index (κ1) is 20.3. The van der Waals surface area contributed by atoms with Crippen molar-refractivity contribution in [3.63, 3.8) is 0 Å². The van der Waals surface area contributed by atoms with Crippen LogP contribution in [0.25, 0.3) is 0 Å². The first-order valence-electron chi connectivity index (χ1n) is 10.4. The molecular formula is C24H27NO5. The van der Waals surface area contributed by atoms with E-state index in [-0.39, 0.29) is 30.4 Å². The summed E-state index contributed by atoms with van der Waals surface area (Å²) in [4.78, 5) is 25.2. The number of ether oxygens (including phenoxy) is 3. The average molecular weight is 409 g/mol. The van der Waals surface area contributed by atoms with E-state index in [1.165, 1.54) is 0 Å². The number of esters is 1. The second kappa shape index (κ2) is 8.38. The molecule has 2 aliphatic rings. The molecule has 1 aliphatic heterocycles. The number of amides is 1. The van der Waals surface area contributed by atoms with E-state index in [0.29, 0.717) is 24.7 Å². The summed E-state index contributed by atoms with van der Waals surface area (Å²) in [5.41, 5.74) is 1.29. The molecule has 0 unspecified atom stereocenters. The first-order chi connectivity index (χ1) is 14.5. The molecule has 0 aromatic heterocycles. The molecule has 1 atom stereocenters. The molecule has 1 saturated carbocycles. The Kier molecular flexibility index (Phi) is 5.66. The summed E-state index contributed by atoms with van der Waals surface area (Å²) in [7, 11) is 0. The number of rotatable bonds is 7. The van der Waals surface area contributed by atoms with Crippen LogP contribution in [0.5, 0.6) is 11.5 Å². The third-order valence-corrected chi connectivity index (χ3v) is 5.71. The lowest BCUT2D eigenvalue weighted by Gasteiger charge is -2.25. The molecule has 0 saturated heterocycles. The summed E-state index contributed by atoms with van der Waals surface area (Å²) in [5, 5.41) is 2.99. The topological polar surface area (TPSA) is 73.9 Å². The molecular weight excluding hydrogens is 382 g/mol. The Morgan fingerprint density at radius 1 is 1.03 bits per heavy atom. The molecule has 0 spiro atoms. The van der Waals surface area contributed by atoms with Gasteiger partial charge in [-0.15, -0.1) is 0 Å². The van der Waals surface area contributed by atoms with Gasteiger partial charge in [0.2, 0.25) is 0 Å². The van der Waals surface area contributed by atoms with Crippen molar-refractivity contribution in [3.05, 3.63) is 59.7 Å².